The van der Waals surface area contributed by atoms with Crippen molar-refractivity contribution in [3.05, 3.63) is 28.7 Å². The predicted octanol–water partition coefficient (Wildman–Crippen LogP) is 3.12. The van der Waals surface area contributed by atoms with E-state index in [1.54, 1.807) is 13.0 Å². The van der Waals surface area contributed by atoms with Gasteiger partial charge >= 0.3 is 11.8 Å². The molecular weight excluding hydrogens is 244 g/mol. The number of hydrogen-bond acceptors (Lipinski definition) is 4. The summed E-state index contributed by atoms with van der Waals surface area (Å²) in [5.74, 6) is -0.253. The average molecular weight is 262 g/mol. The quantitative estimate of drug-likeness (QED) is 0.620. The molecule has 0 radical (unpaired) electrons. The van der Waals surface area contributed by atoms with E-state index in [0.29, 0.717) is 5.69 Å². The first-order valence-electron chi connectivity index (χ1n) is 5.99. The predicted molar refractivity (Wildman–Crippen MR) is 71.7 cm³/mol. The molecule has 0 saturated heterocycles. The van der Waals surface area contributed by atoms with Crippen LogP contribution in [0, 0.1) is 6.57 Å². The third kappa shape index (κ3) is 3.22. The van der Waals surface area contributed by atoms with Gasteiger partial charge in [-0.05, 0) is 6.92 Å². The van der Waals surface area contributed by atoms with Crippen molar-refractivity contribution in [3.8, 4) is 5.75 Å². The fraction of sp³-hybridized carbons (Fsp3) is 0.500. The minimum absolute atomic E-state index is 0.0815. The van der Waals surface area contributed by atoms with Crippen LogP contribution in [0.4, 0.5) is 5.82 Å². The molecule has 0 bridgehead atoms. The van der Waals surface area contributed by atoms with Crippen LogP contribution in [-0.4, -0.2) is 24.7 Å². The molecule has 0 aromatic carbocycles. The minimum Gasteiger partial charge on any atom is -0.505 e. The largest absolute Gasteiger partial charge is 0.505 e. The number of rotatable bonds is 3. The number of nitrogens with zero attached hydrogens (tertiary/aromatic N) is 2. The second-order valence-corrected chi connectivity index (χ2v) is 4.99. The normalized spacial score (nSPS) is 10.7. The van der Waals surface area contributed by atoms with E-state index in [-0.39, 0.29) is 29.2 Å². The van der Waals surface area contributed by atoms with Gasteiger partial charge in [0.2, 0.25) is 0 Å². The van der Waals surface area contributed by atoms with Crippen molar-refractivity contribution in [2.75, 3.05) is 13.7 Å². The van der Waals surface area contributed by atoms with E-state index in [1.165, 1.54) is 7.11 Å². The SMILES string of the molecule is [C-]#[N+]c1nc(C(C)(C)C)cc(C(=O)OCC)c1OC. The molecule has 19 heavy (non-hydrogen) atoms. The summed E-state index contributed by atoms with van der Waals surface area (Å²) in [6.07, 6.45) is 0. The lowest BCUT2D eigenvalue weighted by atomic mass is 9.90. The van der Waals surface area contributed by atoms with Crippen LogP contribution in [0.15, 0.2) is 6.07 Å². The Morgan fingerprint density at radius 1 is 1.47 bits per heavy atom. The third-order valence-corrected chi connectivity index (χ3v) is 2.53. The van der Waals surface area contributed by atoms with Crippen molar-refractivity contribution in [1.29, 1.82) is 0 Å². The fourth-order valence-electron chi connectivity index (χ4n) is 1.54. The van der Waals surface area contributed by atoms with E-state index in [9.17, 15) is 4.79 Å². The monoisotopic (exact) mass is 262 g/mol. The van der Waals surface area contributed by atoms with Gasteiger partial charge in [-0.2, -0.15) is 0 Å². The molecule has 1 aromatic rings. The van der Waals surface area contributed by atoms with Crippen LogP contribution in [-0.2, 0) is 10.2 Å². The Bertz CT molecular complexity index is 525. The summed E-state index contributed by atoms with van der Waals surface area (Å²) in [4.78, 5) is 19.5. The molecule has 0 unspecified atom stereocenters. The summed E-state index contributed by atoms with van der Waals surface area (Å²) in [5.41, 5.74) is 0.630. The zero-order valence-corrected chi connectivity index (χ0v) is 11.9. The topological polar surface area (TPSA) is 52.8 Å². The highest BCUT2D eigenvalue weighted by Gasteiger charge is 2.27. The highest BCUT2D eigenvalue weighted by Crippen LogP contribution is 2.34. The first-order valence-corrected chi connectivity index (χ1v) is 5.99. The summed E-state index contributed by atoms with van der Waals surface area (Å²) < 4.78 is 10.1. The van der Waals surface area contributed by atoms with E-state index in [1.807, 2.05) is 20.8 Å². The maximum Gasteiger partial charge on any atom is 0.340 e. The molecule has 1 aromatic heterocycles. The van der Waals surface area contributed by atoms with Crippen LogP contribution >= 0.6 is 0 Å². The summed E-state index contributed by atoms with van der Waals surface area (Å²) >= 11 is 0. The standard InChI is InChI=1S/C14H18N2O3/c1-7-19-13(17)9-8-10(14(2,3)4)16-12(15-5)11(9)18-6/h8H,7H2,1-4,6H3. The van der Waals surface area contributed by atoms with E-state index < -0.39 is 5.97 Å². The number of esters is 1. The van der Waals surface area contributed by atoms with E-state index >= 15 is 0 Å². The Morgan fingerprint density at radius 3 is 2.53 bits per heavy atom. The maximum atomic E-state index is 11.9. The molecule has 0 N–H and O–H groups in total. The number of pyridine rings is 1. The molecule has 0 spiro atoms. The number of carbonyl (C=O) groups excluding carboxylic acids is 1. The van der Waals surface area contributed by atoms with Gasteiger partial charge in [-0.1, -0.05) is 27.3 Å². The van der Waals surface area contributed by atoms with Crippen molar-refractivity contribution >= 4 is 11.8 Å². The van der Waals surface area contributed by atoms with Crippen LogP contribution in [0.5, 0.6) is 5.75 Å². The van der Waals surface area contributed by atoms with Crippen LogP contribution in [0.25, 0.3) is 4.85 Å². The van der Waals surface area contributed by atoms with Crippen LogP contribution in [0.1, 0.15) is 43.7 Å². The zero-order valence-electron chi connectivity index (χ0n) is 11.9. The molecule has 0 amide bonds. The highest BCUT2D eigenvalue weighted by atomic mass is 16.5. The summed E-state index contributed by atoms with van der Waals surface area (Å²) in [6.45, 7) is 15.0. The molecule has 5 nitrogen and oxygen atoms in total. The van der Waals surface area contributed by atoms with Crippen LogP contribution in [0.3, 0.4) is 0 Å². The Balaban J connectivity index is 3.50. The summed E-state index contributed by atoms with van der Waals surface area (Å²) in [7, 11) is 1.41. The van der Waals surface area contributed by atoms with Crippen LogP contribution in [0.2, 0.25) is 0 Å². The molecule has 0 aliphatic rings. The maximum absolute atomic E-state index is 11.9. The fourth-order valence-corrected chi connectivity index (χ4v) is 1.54. The minimum atomic E-state index is -0.503. The third-order valence-electron chi connectivity index (χ3n) is 2.53. The number of methoxy groups -OCH3 is 1. The van der Waals surface area contributed by atoms with E-state index in [2.05, 4.69) is 9.83 Å². The first-order chi connectivity index (χ1) is 8.85. The second-order valence-electron chi connectivity index (χ2n) is 4.99. The molecule has 1 heterocycles. The highest BCUT2D eigenvalue weighted by molar-refractivity contribution is 5.94. The van der Waals surface area contributed by atoms with Crippen molar-refractivity contribution < 1.29 is 14.3 Å². The molecule has 5 heteroatoms. The van der Waals surface area contributed by atoms with Gasteiger partial charge in [0.05, 0.1) is 19.3 Å². The molecule has 0 atom stereocenters. The first kappa shape index (κ1) is 15.0. The van der Waals surface area contributed by atoms with Gasteiger partial charge in [0.1, 0.15) is 5.69 Å². The molecule has 0 fully saturated rings. The number of hydrogen-bond donors (Lipinski definition) is 0. The lowest BCUT2D eigenvalue weighted by molar-refractivity contribution is 0.0522. The number of aromatic nitrogens is 1. The molecule has 0 aliphatic heterocycles. The van der Waals surface area contributed by atoms with Crippen molar-refractivity contribution in [1.82, 2.24) is 4.98 Å². The van der Waals surface area contributed by atoms with Gasteiger partial charge in [0, 0.05) is 11.5 Å². The van der Waals surface area contributed by atoms with Crippen molar-refractivity contribution in [2.45, 2.75) is 33.1 Å². The van der Waals surface area contributed by atoms with Crippen molar-refractivity contribution in [3.63, 3.8) is 0 Å². The Morgan fingerprint density at radius 2 is 2.11 bits per heavy atom. The molecular formula is C14H18N2O3. The Labute approximate surface area is 113 Å². The molecule has 0 aliphatic carbocycles. The Hall–Kier alpha value is -2.09. The smallest absolute Gasteiger partial charge is 0.340 e. The lowest BCUT2D eigenvalue weighted by Gasteiger charge is -2.17. The van der Waals surface area contributed by atoms with Gasteiger partial charge in [-0.15, -0.1) is 4.98 Å². The molecule has 102 valence electrons. The zero-order chi connectivity index (χ0) is 14.6. The Kier molecular flexibility index (Phi) is 4.49. The number of carbonyl (C=O) groups is 1. The summed E-state index contributed by atoms with van der Waals surface area (Å²) in [6, 6.07) is 1.63. The van der Waals surface area contributed by atoms with Crippen LogP contribution < -0.4 is 4.74 Å². The second kappa shape index (κ2) is 5.70. The van der Waals surface area contributed by atoms with Gasteiger partial charge in [0.15, 0.2) is 5.75 Å². The van der Waals surface area contributed by atoms with Gasteiger partial charge in [0.25, 0.3) is 0 Å². The summed E-state index contributed by atoms with van der Waals surface area (Å²) in [5, 5.41) is 0. The average Bonchev–Trinajstić information content (AvgIpc) is 2.36. The lowest BCUT2D eigenvalue weighted by Crippen LogP contribution is -2.16. The molecule has 1 rings (SSSR count). The molecule has 0 saturated carbocycles. The van der Waals surface area contributed by atoms with Gasteiger partial charge in [-0.25, -0.2) is 4.79 Å². The van der Waals surface area contributed by atoms with Crippen molar-refractivity contribution in [2.24, 2.45) is 0 Å². The van der Waals surface area contributed by atoms with Gasteiger partial charge < -0.3 is 14.3 Å². The number of ether oxygens (including phenoxy) is 2. The van der Waals surface area contributed by atoms with E-state index in [4.69, 9.17) is 16.0 Å². The van der Waals surface area contributed by atoms with E-state index in [0.717, 1.165) is 0 Å². The van der Waals surface area contributed by atoms with Gasteiger partial charge in [-0.3, -0.25) is 0 Å².